The number of nitrogens with zero attached hydrogens (tertiary/aromatic N) is 1. The monoisotopic (exact) mass is 327 g/mol. The Morgan fingerprint density at radius 1 is 1.23 bits per heavy atom. The minimum Gasteiger partial charge on any atom is -0.481 e. The summed E-state index contributed by atoms with van der Waals surface area (Å²) < 4.78 is 13.0. The number of benzene rings is 1. The highest BCUT2D eigenvalue weighted by Crippen LogP contribution is 2.47. The van der Waals surface area contributed by atoms with Gasteiger partial charge in [-0.1, -0.05) is 31.4 Å². The van der Waals surface area contributed by atoms with Gasteiger partial charge in [-0.25, -0.2) is 4.39 Å². The van der Waals surface area contributed by atoms with Gasteiger partial charge in [-0.3, -0.25) is 9.69 Å². The van der Waals surface area contributed by atoms with Gasteiger partial charge in [-0.05, 0) is 36.0 Å². The molecule has 1 aromatic carbocycles. The van der Waals surface area contributed by atoms with E-state index in [0.29, 0.717) is 13.1 Å². The third-order valence-electron chi connectivity index (χ3n) is 5.19. The molecule has 1 atom stereocenters. The Balaban J connectivity index is 0.00000176. The highest BCUT2D eigenvalue weighted by atomic mass is 35.5. The lowest BCUT2D eigenvalue weighted by atomic mass is 9.68. The number of aliphatic carboxylic acids is 1. The minimum atomic E-state index is -0.654. The van der Waals surface area contributed by atoms with Gasteiger partial charge in [0.15, 0.2) is 0 Å². The Kier molecular flexibility index (Phi) is 5.45. The van der Waals surface area contributed by atoms with Crippen molar-refractivity contribution in [3.8, 4) is 0 Å². The smallest absolute Gasteiger partial charge is 0.308 e. The fraction of sp³-hybridized carbons (Fsp3) is 0.588. The number of halogens is 2. The molecule has 1 saturated heterocycles. The van der Waals surface area contributed by atoms with E-state index >= 15 is 0 Å². The summed E-state index contributed by atoms with van der Waals surface area (Å²) in [5.74, 6) is -1.14. The van der Waals surface area contributed by atoms with Crippen LogP contribution in [0.5, 0.6) is 0 Å². The molecule has 1 aliphatic carbocycles. The molecule has 3 rings (SSSR count). The van der Waals surface area contributed by atoms with Crippen LogP contribution >= 0.6 is 12.4 Å². The van der Waals surface area contributed by atoms with Crippen molar-refractivity contribution in [3.05, 3.63) is 35.6 Å². The topological polar surface area (TPSA) is 40.5 Å². The van der Waals surface area contributed by atoms with E-state index in [9.17, 15) is 14.3 Å². The standard InChI is InChI=1S/C17H22FNO2.ClH/c18-14-6-4-13(5-7-14)10-19-11-15(16(20)21)17(12-19)8-2-1-3-9-17;/h4-7,15H,1-3,8-12H2,(H,20,21);1H. The summed E-state index contributed by atoms with van der Waals surface area (Å²) in [6, 6.07) is 6.51. The highest BCUT2D eigenvalue weighted by Gasteiger charge is 2.50. The molecule has 0 amide bonds. The van der Waals surface area contributed by atoms with E-state index in [1.165, 1.54) is 18.6 Å². The van der Waals surface area contributed by atoms with E-state index < -0.39 is 5.97 Å². The van der Waals surface area contributed by atoms with E-state index in [2.05, 4.69) is 4.90 Å². The van der Waals surface area contributed by atoms with Crippen molar-refractivity contribution in [2.75, 3.05) is 13.1 Å². The maximum atomic E-state index is 13.0. The molecular formula is C17H23ClFNO2. The molecule has 1 aromatic rings. The van der Waals surface area contributed by atoms with Crippen molar-refractivity contribution < 1.29 is 14.3 Å². The number of carbonyl (C=O) groups is 1. The van der Waals surface area contributed by atoms with Crippen molar-refractivity contribution >= 4 is 18.4 Å². The Morgan fingerprint density at radius 2 is 1.86 bits per heavy atom. The van der Waals surface area contributed by atoms with Crippen LogP contribution in [0.15, 0.2) is 24.3 Å². The molecule has 0 radical (unpaired) electrons. The van der Waals surface area contributed by atoms with Gasteiger partial charge in [0, 0.05) is 19.6 Å². The molecule has 2 aliphatic rings. The summed E-state index contributed by atoms with van der Waals surface area (Å²) in [4.78, 5) is 13.9. The number of carboxylic acid groups (broad SMARTS) is 1. The predicted molar refractivity (Wildman–Crippen MR) is 85.6 cm³/mol. The Labute approximate surface area is 136 Å². The Hall–Kier alpha value is -1.13. The van der Waals surface area contributed by atoms with Crippen molar-refractivity contribution in [1.82, 2.24) is 4.90 Å². The largest absolute Gasteiger partial charge is 0.481 e. The first-order valence-electron chi connectivity index (χ1n) is 7.79. The van der Waals surface area contributed by atoms with Crippen molar-refractivity contribution in [2.24, 2.45) is 11.3 Å². The zero-order valence-corrected chi connectivity index (χ0v) is 13.4. The Bertz CT molecular complexity index is 514. The maximum absolute atomic E-state index is 13.0. The van der Waals surface area contributed by atoms with Crippen LogP contribution in [0.3, 0.4) is 0 Å². The first kappa shape index (κ1) is 17.2. The van der Waals surface area contributed by atoms with Gasteiger partial charge in [0.25, 0.3) is 0 Å². The molecule has 0 aromatic heterocycles. The SMILES string of the molecule is Cl.O=C(O)C1CN(Cc2ccc(F)cc2)CC12CCCCC2. The molecule has 122 valence electrons. The molecule has 1 N–H and O–H groups in total. The molecule has 5 heteroatoms. The second-order valence-electron chi connectivity index (χ2n) is 6.61. The second kappa shape index (κ2) is 6.97. The van der Waals surface area contributed by atoms with Crippen molar-refractivity contribution in [3.63, 3.8) is 0 Å². The molecular weight excluding hydrogens is 305 g/mol. The van der Waals surface area contributed by atoms with Crippen LogP contribution in [-0.4, -0.2) is 29.1 Å². The molecule has 1 heterocycles. The van der Waals surface area contributed by atoms with Crippen LogP contribution in [0.2, 0.25) is 0 Å². The lowest BCUT2D eigenvalue weighted by molar-refractivity contribution is -0.145. The molecule has 1 saturated carbocycles. The molecule has 0 bridgehead atoms. The van der Waals surface area contributed by atoms with Gasteiger partial charge in [-0.15, -0.1) is 12.4 Å². The van der Waals surface area contributed by atoms with Gasteiger partial charge in [0.2, 0.25) is 0 Å². The van der Waals surface area contributed by atoms with Gasteiger partial charge in [0.1, 0.15) is 5.82 Å². The molecule has 2 fully saturated rings. The molecule has 22 heavy (non-hydrogen) atoms. The summed E-state index contributed by atoms with van der Waals surface area (Å²) in [6.07, 6.45) is 5.59. The number of rotatable bonds is 3. The van der Waals surface area contributed by atoms with E-state index in [4.69, 9.17) is 0 Å². The summed E-state index contributed by atoms with van der Waals surface area (Å²) in [6.45, 7) is 2.19. The Morgan fingerprint density at radius 3 is 2.45 bits per heavy atom. The maximum Gasteiger partial charge on any atom is 0.308 e. The summed E-state index contributed by atoms with van der Waals surface area (Å²) in [5.41, 5.74) is 1.01. The highest BCUT2D eigenvalue weighted by molar-refractivity contribution is 5.85. The van der Waals surface area contributed by atoms with Gasteiger partial charge >= 0.3 is 5.97 Å². The zero-order valence-electron chi connectivity index (χ0n) is 12.6. The van der Waals surface area contributed by atoms with Crippen molar-refractivity contribution in [2.45, 2.75) is 38.6 Å². The van der Waals surface area contributed by atoms with Crippen LogP contribution in [0.25, 0.3) is 0 Å². The van der Waals surface area contributed by atoms with E-state index in [1.54, 1.807) is 12.1 Å². The van der Waals surface area contributed by atoms with Crippen LogP contribution in [0.4, 0.5) is 4.39 Å². The minimum absolute atomic E-state index is 0. The zero-order chi connectivity index (χ0) is 14.9. The number of carboxylic acids is 1. The van der Waals surface area contributed by atoms with Crippen LogP contribution in [0, 0.1) is 17.2 Å². The quantitative estimate of drug-likeness (QED) is 0.920. The molecule has 1 unspecified atom stereocenters. The summed E-state index contributed by atoms with van der Waals surface area (Å²) in [5, 5.41) is 9.57. The second-order valence-corrected chi connectivity index (χ2v) is 6.61. The van der Waals surface area contributed by atoms with E-state index in [-0.39, 0.29) is 29.6 Å². The number of hydrogen-bond donors (Lipinski definition) is 1. The van der Waals surface area contributed by atoms with Gasteiger partial charge < -0.3 is 5.11 Å². The fourth-order valence-corrected chi connectivity index (χ4v) is 4.14. The third kappa shape index (κ3) is 3.44. The average Bonchev–Trinajstić information content (AvgIpc) is 2.80. The fourth-order valence-electron chi connectivity index (χ4n) is 4.14. The normalized spacial score (nSPS) is 24.1. The van der Waals surface area contributed by atoms with E-state index in [0.717, 1.165) is 37.8 Å². The first-order valence-corrected chi connectivity index (χ1v) is 7.79. The van der Waals surface area contributed by atoms with Crippen molar-refractivity contribution in [1.29, 1.82) is 0 Å². The lowest BCUT2D eigenvalue weighted by Crippen LogP contribution is -2.36. The lowest BCUT2D eigenvalue weighted by Gasteiger charge is -2.36. The van der Waals surface area contributed by atoms with E-state index in [1.807, 2.05) is 0 Å². The summed E-state index contributed by atoms with van der Waals surface area (Å²) >= 11 is 0. The molecule has 1 aliphatic heterocycles. The van der Waals surface area contributed by atoms with Crippen LogP contribution in [0.1, 0.15) is 37.7 Å². The summed E-state index contributed by atoms with van der Waals surface area (Å²) in [7, 11) is 0. The molecule has 1 spiro atoms. The number of hydrogen-bond acceptors (Lipinski definition) is 2. The first-order chi connectivity index (χ1) is 10.1. The number of likely N-dealkylation sites (tertiary alicyclic amines) is 1. The van der Waals surface area contributed by atoms with Crippen LogP contribution < -0.4 is 0 Å². The average molecular weight is 328 g/mol. The third-order valence-corrected chi connectivity index (χ3v) is 5.19. The predicted octanol–water partition coefficient (Wildman–Crippen LogP) is 3.71. The van der Waals surface area contributed by atoms with Gasteiger partial charge in [0.05, 0.1) is 5.92 Å². The van der Waals surface area contributed by atoms with Gasteiger partial charge in [-0.2, -0.15) is 0 Å². The van der Waals surface area contributed by atoms with Crippen LogP contribution in [-0.2, 0) is 11.3 Å². The molecule has 3 nitrogen and oxygen atoms in total.